The normalized spacial score (nSPS) is 10.1. The number of amides is 2. The number of nitrogens with zero attached hydrogens (tertiary/aromatic N) is 1. The van der Waals surface area contributed by atoms with Crippen LogP contribution >= 0.6 is 11.6 Å². The smallest absolute Gasteiger partial charge is 0.269 e. The van der Waals surface area contributed by atoms with Gasteiger partial charge in [0.1, 0.15) is 11.4 Å². The SMILES string of the molecule is C=CCCNC(=O)c1cc(NC(=O)Cc2cc(Cl)ccc2O)ccn1. The van der Waals surface area contributed by atoms with E-state index >= 15 is 0 Å². The third-order valence-electron chi connectivity index (χ3n) is 3.30. The van der Waals surface area contributed by atoms with Crippen molar-refractivity contribution in [1.29, 1.82) is 0 Å². The Labute approximate surface area is 150 Å². The third kappa shape index (κ3) is 5.61. The molecule has 2 aromatic rings. The zero-order chi connectivity index (χ0) is 18.2. The first-order chi connectivity index (χ1) is 12.0. The number of carbonyl (C=O) groups is 2. The molecule has 0 unspecified atom stereocenters. The van der Waals surface area contributed by atoms with Crippen molar-refractivity contribution >= 4 is 29.1 Å². The van der Waals surface area contributed by atoms with Crippen molar-refractivity contribution in [3.8, 4) is 5.75 Å². The van der Waals surface area contributed by atoms with Crippen LogP contribution < -0.4 is 10.6 Å². The fraction of sp³-hybridized carbons (Fsp3) is 0.167. The first-order valence-electron chi connectivity index (χ1n) is 7.62. The summed E-state index contributed by atoms with van der Waals surface area (Å²) >= 11 is 5.87. The van der Waals surface area contributed by atoms with Crippen LogP contribution in [0.25, 0.3) is 0 Å². The number of carbonyl (C=O) groups excluding carboxylic acids is 2. The number of hydrogen-bond donors (Lipinski definition) is 3. The molecule has 130 valence electrons. The lowest BCUT2D eigenvalue weighted by molar-refractivity contribution is -0.115. The second kappa shape index (κ2) is 8.84. The van der Waals surface area contributed by atoms with Gasteiger partial charge in [-0.1, -0.05) is 17.7 Å². The molecule has 1 aromatic heterocycles. The van der Waals surface area contributed by atoms with Gasteiger partial charge in [0, 0.05) is 29.0 Å². The molecule has 6 nitrogen and oxygen atoms in total. The molecule has 1 heterocycles. The molecule has 0 atom stereocenters. The molecule has 0 fully saturated rings. The topological polar surface area (TPSA) is 91.3 Å². The molecule has 2 amide bonds. The van der Waals surface area contributed by atoms with Gasteiger partial charge >= 0.3 is 0 Å². The molecule has 25 heavy (non-hydrogen) atoms. The Hall–Kier alpha value is -2.86. The molecular formula is C18H18ClN3O3. The van der Waals surface area contributed by atoms with Crippen LogP contribution in [-0.2, 0) is 11.2 Å². The zero-order valence-corrected chi connectivity index (χ0v) is 14.2. The summed E-state index contributed by atoms with van der Waals surface area (Å²) in [6, 6.07) is 7.57. The molecule has 0 aliphatic rings. The number of phenolic OH excluding ortho intramolecular Hbond substituents is 1. The average molecular weight is 360 g/mol. The van der Waals surface area contributed by atoms with Crippen LogP contribution in [0.2, 0.25) is 5.02 Å². The number of anilines is 1. The molecule has 0 radical (unpaired) electrons. The van der Waals surface area contributed by atoms with Gasteiger partial charge in [-0.2, -0.15) is 0 Å². The standard InChI is InChI=1S/C18H18ClN3O3/c1-2-3-7-21-18(25)15-11-14(6-8-20-15)22-17(24)10-12-9-13(19)4-5-16(12)23/h2,4-6,8-9,11,23H,1,3,7,10H2,(H,21,25)(H,20,22,24). The Balaban J connectivity index is 2.01. The minimum absolute atomic E-state index is 0.00318. The average Bonchev–Trinajstić information content (AvgIpc) is 2.58. The van der Waals surface area contributed by atoms with Gasteiger partial charge in [-0.15, -0.1) is 6.58 Å². The van der Waals surface area contributed by atoms with Crippen molar-refractivity contribution in [1.82, 2.24) is 10.3 Å². The van der Waals surface area contributed by atoms with Crippen molar-refractivity contribution < 1.29 is 14.7 Å². The molecule has 0 saturated heterocycles. The van der Waals surface area contributed by atoms with Crippen molar-refractivity contribution in [3.05, 3.63) is 65.5 Å². The van der Waals surface area contributed by atoms with Gasteiger partial charge in [0.05, 0.1) is 6.42 Å². The summed E-state index contributed by atoms with van der Waals surface area (Å²) in [7, 11) is 0. The summed E-state index contributed by atoms with van der Waals surface area (Å²) < 4.78 is 0. The molecule has 0 aliphatic carbocycles. The largest absolute Gasteiger partial charge is 0.508 e. The van der Waals surface area contributed by atoms with Crippen molar-refractivity contribution in [2.75, 3.05) is 11.9 Å². The Morgan fingerprint density at radius 2 is 2.08 bits per heavy atom. The second-order valence-electron chi connectivity index (χ2n) is 5.26. The summed E-state index contributed by atoms with van der Waals surface area (Å²) in [4.78, 5) is 28.1. The van der Waals surface area contributed by atoms with Crippen LogP contribution in [0.3, 0.4) is 0 Å². The van der Waals surface area contributed by atoms with Crippen LogP contribution in [0, 0.1) is 0 Å². The van der Waals surface area contributed by atoms with Gasteiger partial charge in [-0.3, -0.25) is 14.6 Å². The van der Waals surface area contributed by atoms with Gasteiger partial charge < -0.3 is 15.7 Å². The lowest BCUT2D eigenvalue weighted by Gasteiger charge is -2.08. The van der Waals surface area contributed by atoms with Crippen molar-refractivity contribution in [2.24, 2.45) is 0 Å². The highest BCUT2D eigenvalue weighted by Gasteiger charge is 2.11. The van der Waals surface area contributed by atoms with Gasteiger partial charge in [0.15, 0.2) is 0 Å². The van der Waals surface area contributed by atoms with Crippen LogP contribution in [-0.4, -0.2) is 28.4 Å². The molecule has 0 spiro atoms. The fourth-order valence-corrected chi connectivity index (χ4v) is 2.28. The van der Waals surface area contributed by atoms with E-state index in [4.69, 9.17) is 11.6 Å². The highest BCUT2D eigenvalue weighted by Crippen LogP contribution is 2.22. The molecule has 7 heteroatoms. The lowest BCUT2D eigenvalue weighted by atomic mass is 10.1. The van der Waals surface area contributed by atoms with Crippen LogP contribution in [0.4, 0.5) is 5.69 Å². The van der Waals surface area contributed by atoms with Gasteiger partial charge in [-0.05, 0) is 36.8 Å². The fourth-order valence-electron chi connectivity index (χ4n) is 2.08. The van der Waals surface area contributed by atoms with Crippen LogP contribution in [0.15, 0.2) is 49.2 Å². The van der Waals surface area contributed by atoms with Crippen LogP contribution in [0.1, 0.15) is 22.5 Å². The maximum Gasteiger partial charge on any atom is 0.269 e. The number of pyridine rings is 1. The van der Waals surface area contributed by atoms with E-state index in [9.17, 15) is 14.7 Å². The van der Waals surface area contributed by atoms with Crippen molar-refractivity contribution in [2.45, 2.75) is 12.8 Å². The first-order valence-corrected chi connectivity index (χ1v) is 8.00. The van der Waals surface area contributed by atoms with Gasteiger partial charge in [-0.25, -0.2) is 0 Å². The van der Waals surface area contributed by atoms with E-state index in [1.165, 1.54) is 24.4 Å². The van der Waals surface area contributed by atoms with Gasteiger partial charge in [0.2, 0.25) is 5.91 Å². The Kier molecular flexibility index (Phi) is 6.54. The van der Waals surface area contributed by atoms with Crippen molar-refractivity contribution in [3.63, 3.8) is 0 Å². The second-order valence-corrected chi connectivity index (χ2v) is 5.70. The van der Waals surface area contributed by atoms with E-state index in [0.29, 0.717) is 29.2 Å². The Bertz CT molecular complexity index is 793. The molecule has 0 bridgehead atoms. The Morgan fingerprint density at radius 1 is 1.28 bits per heavy atom. The van der Waals surface area contributed by atoms with Gasteiger partial charge in [0.25, 0.3) is 5.91 Å². The minimum Gasteiger partial charge on any atom is -0.508 e. The Morgan fingerprint density at radius 3 is 2.84 bits per heavy atom. The summed E-state index contributed by atoms with van der Waals surface area (Å²) in [5, 5.41) is 15.6. The van der Waals surface area contributed by atoms with E-state index in [1.807, 2.05) is 0 Å². The molecular weight excluding hydrogens is 342 g/mol. The summed E-state index contributed by atoms with van der Waals surface area (Å²) in [5.74, 6) is -0.677. The van der Waals surface area contributed by atoms with E-state index in [0.717, 1.165) is 0 Å². The maximum atomic E-state index is 12.1. The maximum absolute atomic E-state index is 12.1. The summed E-state index contributed by atoms with van der Waals surface area (Å²) in [5.41, 5.74) is 1.06. The number of halogens is 1. The molecule has 1 aromatic carbocycles. The number of hydrogen-bond acceptors (Lipinski definition) is 4. The van der Waals surface area contributed by atoms with Crippen LogP contribution in [0.5, 0.6) is 5.75 Å². The monoisotopic (exact) mass is 359 g/mol. The number of nitrogens with one attached hydrogen (secondary N) is 2. The van der Waals surface area contributed by atoms with E-state index in [-0.39, 0.29) is 29.7 Å². The highest BCUT2D eigenvalue weighted by atomic mass is 35.5. The first kappa shape index (κ1) is 18.5. The number of phenols is 1. The summed E-state index contributed by atoms with van der Waals surface area (Å²) in [6.07, 6.45) is 3.76. The minimum atomic E-state index is -0.346. The summed E-state index contributed by atoms with van der Waals surface area (Å²) in [6.45, 7) is 4.05. The number of aromatic hydroxyl groups is 1. The number of aromatic nitrogens is 1. The quantitative estimate of drug-likeness (QED) is 0.523. The number of benzene rings is 1. The van der Waals surface area contributed by atoms with E-state index < -0.39 is 0 Å². The lowest BCUT2D eigenvalue weighted by Crippen LogP contribution is -2.25. The molecule has 3 N–H and O–H groups in total. The molecule has 0 saturated carbocycles. The van der Waals surface area contributed by atoms with E-state index in [2.05, 4.69) is 22.2 Å². The molecule has 2 rings (SSSR count). The third-order valence-corrected chi connectivity index (χ3v) is 3.54. The highest BCUT2D eigenvalue weighted by molar-refractivity contribution is 6.30. The number of rotatable bonds is 7. The van der Waals surface area contributed by atoms with E-state index in [1.54, 1.807) is 18.2 Å². The zero-order valence-electron chi connectivity index (χ0n) is 13.5. The predicted molar refractivity (Wildman–Crippen MR) is 96.8 cm³/mol. The molecule has 0 aliphatic heterocycles. The predicted octanol–water partition coefficient (Wildman–Crippen LogP) is 2.93.